The maximum atomic E-state index is 11.6. The molecular weight excluding hydrogens is 206 g/mol. The minimum Gasteiger partial charge on any atom is -0.408 e. The average molecular weight is 223 g/mol. The van der Waals surface area contributed by atoms with E-state index in [0.29, 0.717) is 18.8 Å². The summed E-state index contributed by atoms with van der Waals surface area (Å²) in [6.45, 7) is 5.13. The molecule has 16 heavy (non-hydrogen) atoms. The number of hydrogen-bond donors (Lipinski definition) is 1. The Kier molecular flexibility index (Phi) is 4.75. The number of nitrogens with zero attached hydrogens (tertiary/aromatic N) is 2. The first-order valence-corrected chi connectivity index (χ1v) is 5.25. The van der Waals surface area contributed by atoms with E-state index in [2.05, 4.69) is 0 Å². The van der Waals surface area contributed by atoms with Crippen molar-refractivity contribution in [3.8, 4) is 5.75 Å². The zero-order valence-electron chi connectivity index (χ0n) is 9.59. The fourth-order valence-corrected chi connectivity index (χ4v) is 1.28. The molecule has 0 saturated carbocycles. The number of hydrogen-bond acceptors (Lipinski definition) is 4. The highest BCUT2D eigenvalue weighted by Crippen LogP contribution is 2.09. The molecule has 0 heterocycles. The maximum absolute atomic E-state index is 11.6. The average Bonchev–Trinajstić information content (AvgIpc) is 2.31. The largest absolute Gasteiger partial charge is 0.444 e. The Morgan fingerprint density at radius 3 is 2.31 bits per heavy atom. The zero-order valence-corrected chi connectivity index (χ0v) is 9.59. The van der Waals surface area contributed by atoms with Crippen LogP contribution in [0.15, 0.2) is 30.3 Å². The Labute approximate surface area is 95.3 Å². The lowest BCUT2D eigenvalue weighted by molar-refractivity contribution is 0.00140. The minimum absolute atomic E-state index is 0.482. The van der Waals surface area contributed by atoms with E-state index in [4.69, 9.17) is 10.6 Å². The van der Waals surface area contributed by atoms with Crippen LogP contribution < -0.4 is 10.6 Å². The molecule has 2 N–H and O–H groups in total. The van der Waals surface area contributed by atoms with Crippen molar-refractivity contribution in [3.05, 3.63) is 30.3 Å². The molecule has 0 unspecified atom stereocenters. The number of ether oxygens (including phenoxy) is 1. The van der Waals surface area contributed by atoms with Crippen LogP contribution in [0.3, 0.4) is 0 Å². The number of carbonyl (C=O) groups excluding carboxylic acids is 1. The van der Waals surface area contributed by atoms with Crippen molar-refractivity contribution < 1.29 is 9.53 Å². The Morgan fingerprint density at radius 1 is 1.25 bits per heavy atom. The Balaban J connectivity index is 2.58. The smallest absolute Gasteiger partial charge is 0.408 e. The molecule has 1 amide bonds. The third-order valence-electron chi connectivity index (χ3n) is 2.17. The summed E-state index contributed by atoms with van der Waals surface area (Å²) in [5.74, 6) is 6.10. The summed E-state index contributed by atoms with van der Waals surface area (Å²) in [6, 6.07) is 8.84. The predicted octanol–water partition coefficient (Wildman–Crippen LogP) is 1.62. The second-order valence-electron chi connectivity index (χ2n) is 3.16. The van der Waals surface area contributed by atoms with Crippen LogP contribution in [0.5, 0.6) is 5.75 Å². The molecule has 1 aromatic carbocycles. The number of para-hydroxylation sites is 1. The molecule has 1 rings (SSSR count). The summed E-state index contributed by atoms with van der Waals surface area (Å²) < 4.78 is 5.08. The van der Waals surface area contributed by atoms with E-state index in [0.717, 1.165) is 5.12 Å². The van der Waals surface area contributed by atoms with Crippen molar-refractivity contribution in [2.75, 3.05) is 13.1 Å². The van der Waals surface area contributed by atoms with Gasteiger partial charge in [0.05, 0.1) is 0 Å². The molecule has 0 spiro atoms. The Morgan fingerprint density at radius 2 is 1.81 bits per heavy atom. The molecule has 0 aliphatic rings. The maximum Gasteiger partial charge on any atom is 0.444 e. The summed E-state index contributed by atoms with van der Waals surface area (Å²) in [7, 11) is 0. The number of carbonyl (C=O) groups is 1. The second kappa shape index (κ2) is 6.09. The van der Waals surface area contributed by atoms with Gasteiger partial charge in [0.1, 0.15) is 5.75 Å². The van der Waals surface area contributed by atoms with Gasteiger partial charge < -0.3 is 4.74 Å². The number of benzene rings is 1. The lowest BCUT2D eigenvalue weighted by Crippen LogP contribution is -2.52. The van der Waals surface area contributed by atoms with Crippen LogP contribution in [0.1, 0.15) is 13.8 Å². The van der Waals surface area contributed by atoms with Gasteiger partial charge in [-0.15, -0.1) is 0 Å². The van der Waals surface area contributed by atoms with Crippen LogP contribution >= 0.6 is 0 Å². The minimum atomic E-state index is -0.588. The van der Waals surface area contributed by atoms with Gasteiger partial charge in [0.2, 0.25) is 0 Å². The van der Waals surface area contributed by atoms with E-state index in [1.165, 1.54) is 0 Å². The molecule has 0 fully saturated rings. The predicted molar refractivity (Wildman–Crippen MR) is 61.4 cm³/mol. The molecule has 0 aliphatic heterocycles. The van der Waals surface area contributed by atoms with Crippen molar-refractivity contribution in [1.29, 1.82) is 0 Å². The van der Waals surface area contributed by atoms with Gasteiger partial charge >= 0.3 is 6.09 Å². The van der Waals surface area contributed by atoms with E-state index in [9.17, 15) is 4.79 Å². The summed E-state index contributed by atoms with van der Waals surface area (Å²) >= 11 is 0. The Hall–Kier alpha value is -1.59. The number of nitrogens with two attached hydrogens (primary N) is 1. The third kappa shape index (κ3) is 3.22. The van der Waals surface area contributed by atoms with Crippen LogP contribution in [-0.4, -0.2) is 29.3 Å². The molecule has 0 radical (unpaired) electrons. The molecule has 5 nitrogen and oxygen atoms in total. The van der Waals surface area contributed by atoms with Gasteiger partial charge in [-0.1, -0.05) is 32.0 Å². The van der Waals surface area contributed by atoms with Crippen LogP contribution in [0, 0.1) is 0 Å². The van der Waals surface area contributed by atoms with E-state index >= 15 is 0 Å². The van der Waals surface area contributed by atoms with E-state index < -0.39 is 6.09 Å². The normalized spacial score (nSPS) is 10.2. The van der Waals surface area contributed by atoms with E-state index in [-0.39, 0.29) is 0 Å². The van der Waals surface area contributed by atoms with Crippen molar-refractivity contribution in [2.24, 2.45) is 5.84 Å². The monoisotopic (exact) mass is 223 g/mol. The Bertz CT molecular complexity index is 325. The molecule has 0 aromatic heterocycles. The van der Waals surface area contributed by atoms with Crippen molar-refractivity contribution in [1.82, 2.24) is 10.1 Å². The van der Waals surface area contributed by atoms with Crippen LogP contribution in [-0.2, 0) is 0 Å². The first-order chi connectivity index (χ1) is 7.69. The second-order valence-corrected chi connectivity index (χ2v) is 3.16. The van der Waals surface area contributed by atoms with Crippen LogP contribution in [0.4, 0.5) is 4.79 Å². The SMILES string of the molecule is CCN(CC)N(N)C(=O)Oc1ccccc1. The standard InChI is InChI=1S/C11H17N3O2/c1-3-13(4-2)14(12)11(15)16-10-8-6-5-7-9-10/h5-9H,3-4,12H2,1-2H3. The fraction of sp³-hybridized carbons (Fsp3) is 0.364. The number of rotatable bonds is 4. The summed E-state index contributed by atoms with van der Waals surface area (Å²) in [5.41, 5.74) is 0. The molecule has 5 heteroatoms. The van der Waals surface area contributed by atoms with Crippen LogP contribution in [0.25, 0.3) is 0 Å². The zero-order chi connectivity index (χ0) is 12.0. The summed E-state index contributed by atoms with van der Waals surface area (Å²) in [5, 5.41) is 2.66. The molecular formula is C11H17N3O2. The van der Waals surface area contributed by atoms with Gasteiger partial charge in [-0.3, -0.25) is 0 Å². The first-order valence-electron chi connectivity index (χ1n) is 5.25. The van der Waals surface area contributed by atoms with Crippen molar-refractivity contribution in [2.45, 2.75) is 13.8 Å². The van der Waals surface area contributed by atoms with Gasteiger partial charge in [-0.2, -0.15) is 5.12 Å². The van der Waals surface area contributed by atoms with Gasteiger partial charge in [0.15, 0.2) is 0 Å². The fourth-order valence-electron chi connectivity index (χ4n) is 1.28. The van der Waals surface area contributed by atoms with E-state index in [1.54, 1.807) is 29.3 Å². The van der Waals surface area contributed by atoms with Gasteiger partial charge in [-0.25, -0.2) is 15.6 Å². The highest BCUT2D eigenvalue weighted by Gasteiger charge is 2.17. The molecule has 0 atom stereocenters. The van der Waals surface area contributed by atoms with Gasteiger partial charge in [-0.05, 0) is 12.1 Å². The quantitative estimate of drug-likeness (QED) is 0.478. The van der Waals surface area contributed by atoms with E-state index in [1.807, 2.05) is 19.9 Å². The molecule has 88 valence electrons. The third-order valence-corrected chi connectivity index (χ3v) is 2.17. The molecule has 1 aromatic rings. The summed E-state index contributed by atoms with van der Waals surface area (Å²) in [6.07, 6.45) is -0.588. The topological polar surface area (TPSA) is 58.8 Å². The lowest BCUT2D eigenvalue weighted by Gasteiger charge is -2.27. The lowest BCUT2D eigenvalue weighted by atomic mass is 10.3. The molecule has 0 saturated heterocycles. The van der Waals surface area contributed by atoms with Gasteiger partial charge in [0.25, 0.3) is 0 Å². The molecule has 0 aliphatic carbocycles. The van der Waals surface area contributed by atoms with Crippen LogP contribution in [0.2, 0.25) is 0 Å². The van der Waals surface area contributed by atoms with Crippen molar-refractivity contribution >= 4 is 6.09 Å². The summed E-state index contributed by atoms with van der Waals surface area (Å²) in [4.78, 5) is 11.6. The number of amides is 1. The first kappa shape index (κ1) is 12.5. The van der Waals surface area contributed by atoms with Gasteiger partial charge in [0, 0.05) is 13.1 Å². The highest BCUT2D eigenvalue weighted by atomic mass is 16.6. The molecule has 0 bridgehead atoms. The number of hydrazine groups is 2. The van der Waals surface area contributed by atoms with Crippen molar-refractivity contribution in [3.63, 3.8) is 0 Å². The highest BCUT2D eigenvalue weighted by molar-refractivity contribution is 5.69.